The highest BCUT2D eigenvalue weighted by Gasteiger charge is 2.51. The van der Waals surface area contributed by atoms with Crippen molar-refractivity contribution in [2.45, 2.75) is 82.2 Å². The smallest absolute Gasteiger partial charge is 0.319 e. The number of aliphatic hydroxyl groups excluding tert-OH is 2. The minimum atomic E-state index is -0.768. The van der Waals surface area contributed by atoms with E-state index in [1.807, 2.05) is 60.5 Å². The molecule has 4 saturated carbocycles. The van der Waals surface area contributed by atoms with Crippen LogP contribution in [0.15, 0.2) is 72.8 Å². The third-order valence-corrected chi connectivity index (χ3v) is 11.2. The summed E-state index contributed by atoms with van der Waals surface area (Å²) in [5.41, 5.74) is 4.01. The first-order valence-electron chi connectivity index (χ1n) is 17.5. The SMILES string of the molecule is C[C@@H]1[C@H](CN(C)C[C@@H](O)c2cccc(O)c2)O[C@H](c2ccc(NC(=O)NC34CC5CC(CC(C5)C3)C4)cc2)O[C@@H]1c1ccc(CO)cc1. The van der Waals surface area contributed by atoms with Gasteiger partial charge in [-0.3, -0.25) is 0 Å². The largest absolute Gasteiger partial charge is 0.508 e. The molecule has 1 aliphatic heterocycles. The van der Waals surface area contributed by atoms with E-state index < -0.39 is 12.4 Å². The van der Waals surface area contributed by atoms with Crippen molar-refractivity contribution in [1.29, 1.82) is 0 Å². The van der Waals surface area contributed by atoms with Gasteiger partial charge in [-0.15, -0.1) is 0 Å². The van der Waals surface area contributed by atoms with E-state index in [1.165, 1.54) is 19.3 Å². The number of anilines is 1. The lowest BCUT2D eigenvalue weighted by atomic mass is 9.53. The van der Waals surface area contributed by atoms with Crippen LogP contribution in [0.4, 0.5) is 10.5 Å². The molecule has 9 heteroatoms. The van der Waals surface area contributed by atoms with Crippen molar-refractivity contribution < 1.29 is 29.6 Å². The van der Waals surface area contributed by atoms with Crippen LogP contribution in [0.25, 0.3) is 0 Å². The molecule has 0 unspecified atom stereocenters. The third-order valence-electron chi connectivity index (χ3n) is 11.2. The minimum Gasteiger partial charge on any atom is -0.508 e. The number of rotatable bonds is 10. The number of ether oxygens (including phenoxy) is 2. The van der Waals surface area contributed by atoms with Crippen molar-refractivity contribution in [3.05, 3.63) is 95.1 Å². The molecule has 2 amide bonds. The lowest BCUT2D eigenvalue weighted by Crippen LogP contribution is -2.60. The molecule has 0 spiro atoms. The molecule has 9 nitrogen and oxygen atoms in total. The van der Waals surface area contributed by atoms with Gasteiger partial charge in [0.25, 0.3) is 0 Å². The van der Waals surface area contributed by atoms with E-state index in [2.05, 4.69) is 17.6 Å². The summed E-state index contributed by atoms with van der Waals surface area (Å²) in [4.78, 5) is 15.2. The van der Waals surface area contributed by atoms with Gasteiger partial charge in [-0.1, -0.05) is 55.5 Å². The molecule has 8 rings (SSSR count). The summed E-state index contributed by atoms with van der Waals surface area (Å²) in [5.74, 6) is 2.39. The van der Waals surface area contributed by atoms with Crippen molar-refractivity contribution >= 4 is 11.7 Å². The van der Waals surface area contributed by atoms with Crippen LogP contribution in [-0.2, 0) is 16.1 Å². The second-order valence-corrected chi connectivity index (χ2v) is 15.1. The number of aliphatic hydroxyl groups is 2. The van der Waals surface area contributed by atoms with E-state index in [0.717, 1.165) is 59.4 Å². The van der Waals surface area contributed by atoms with Crippen molar-refractivity contribution in [3.63, 3.8) is 0 Å². The molecule has 5 N–H and O–H groups in total. The van der Waals surface area contributed by atoms with E-state index >= 15 is 0 Å². The second kappa shape index (κ2) is 13.8. The van der Waals surface area contributed by atoms with Gasteiger partial charge >= 0.3 is 6.03 Å². The highest BCUT2D eigenvalue weighted by Crippen LogP contribution is 2.55. The van der Waals surface area contributed by atoms with Gasteiger partial charge in [-0.2, -0.15) is 0 Å². The van der Waals surface area contributed by atoms with Crippen molar-refractivity contribution in [2.75, 3.05) is 25.5 Å². The zero-order chi connectivity index (χ0) is 33.4. The molecule has 5 aliphatic rings. The molecule has 4 aliphatic carbocycles. The molecule has 3 aromatic rings. The Morgan fingerprint density at radius 2 is 1.58 bits per heavy atom. The number of likely N-dealkylation sites (N-methyl/N-ethyl adjacent to an activating group) is 1. The Balaban J connectivity index is 1.03. The predicted molar refractivity (Wildman–Crippen MR) is 183 cm³/mol. The summed E-state index contributed by atoms with van der Waals surface area (Å²) in [6.45, 7) is 3.00. The lowest BCUT2D eigenvalue weighted by molar-refractivity contribution is -0.276. The number of hydrogen-bond acceptors (Lipinski definition) is 7. The summed E-state index contributed by atoms with van der Waals surface area (Å²) in [5, 5.41) is 36.8. The number of phenolic OH excluding ortho intramolecular Hbond substituents is 1. The molecular formula is C39H49N3O6. The number of benzene rings is 3. The van der Waals surface area contributed by atoms with Crippen molar-refractivity contribution in [2.24, 2.45) is 23.7 Å². The average molecular weight is 656 g/mol. The number of hydrogen-bond donors (Lipinski definition) is 5. The van der Waals surface area contributed by atoms with Crippen LogP contribution < -0.4 is 10.6 Å². The van der Waals surface area contributed by atoms with E-state index in [1.54, 1.807) is 24.3 Å². The van der Waals surface area contributed by atoms with Crippen LogP contribution in [-0.4, -0.2) is 58.0 Å². The van der Waals surface area contributed by atoms with E-state index in [-0.39, 0.29) is 42.1 Å². The number of carbonyl (C=O) groups excluding carboxylic acids is 1. The first kappa shape index (κ1) is 33.0. The zero-order valence-corrected chi connectivity index (χ0v) is 27.9. The standard InChI is InChI=1S/C39H49N3O6/c1-24-35(22-42(2)21-34(45)31-4-3-5-33(44)17-31)47-37(48-36(24)29-8-6-25(23-43)7-9-29)30-10-12-32(13-11-30)40-38(46)41-39-18-26-14-27(19-39)16-28(15-26)20-39/h3-13,17,24,26-28,34-37,43-45H,14-16,18-23H2,1-2H3,(H2,40,41,46)/t24-,26?,27?,28?,34-,35+,36+,37+,39?/m1/s1. The number of nitrogens with zero attached hydrogens (tertiary/aromatic N) is 1. The molecule has 3 aromatic carbocycles. The molecule has 4 bridgehead atoms. The number of nitrogens with one attached hydrogen (secondary N) is 2. The maximum absolute atomic E-state index is 13.2. The highest BCUT2D eigenvalue weighted by molar-refractivity contribution is 5.89. The van der Waals surface area contributed by atoms with Gasteiger partial charge in [-0.05, 0) is 104 Å². The Morgan fingerprint density at radius 1 is 0.938 bits per heavy atom. The summed E-state index contributed by atoms with van der Waals surface area (Å²) in [6.07, 6.45) is 5.41. The quantitative estimate of drug-likeness (QED) is 0.171. The topological polar surface area (TPSA) is 124 Å². The fourth-order valence-electron chi connectivity index (χ4n) is 9.23. The Labute approximate surface area is 283 Å². The van der Waals surface area contributed by atoms with Crippen LogP contribution in [0.2, 0.25) is 0 Å². The predicted octanol–water partition coefficient (Wildman–Crippen LogP) is 6.43. The fraction of sp³-hybridized carbons (Fsp3) is 0.513. The number of amides is 2. The van der Waals surface area contributed by atoms with Gasteiger partial charge in [0.1, 0.15) is 5.75 Å². The van der Waals surface area contributed by atoms with Crippen molar-refractivity contribution in [1.82, 2.24) is 10.2 Å². The molecule has 256 valence electrons. The maximum Gasteiger partial charge on any atom is 0.319 e. The molecule has 48 heavy (non-hydrogen) atoms. The zero-order valence-electron chi connectivity index (χ0n) is 27.9. The molecule has 1 saturated heterocycles. The number of urea groups is 1. The Morgan fingerprint density at radius 3 is 2.21 bits per heavy atom. The van der Waals surface area contributed by atoms with Gasteiger partial charge in [-0.25, -0.2) is 4.79 Å². The summed E-state index contributed by atoms with van der Waals surface area (Å²) >= 11 is 0. The second-order valence-electron chi connectivity index (χ2n) is 15.1. The fourth-order valence-corrected chi connectivity index (χ4v) is 9.23. The number of phenols is 1. The van der Waals surface area contributed by atoms with Crippen LogP contribution in [0, 0.1) is 23.7 Å². The summed E-state index contributed by atoms with van der Waals surface area (Å²) in [6, 6.07) is 22.1. The molecule has 5 atom stereocenters. The first-order chi connectivity index (χ1) is 23.1. The van der Waals surface area contributed by atoms with Gasteiger partial charge in [0, 0.05) is 35.8 Å². The normalized spacial score (nSPS) is 31.5. The summed E-state index contributed by atoms with van der Waals surface area (Å²) < 4.78 is 13.2. The Kier molecular flexibility index (Phi) is 9.50. The van der Waals surface area contributed by atoms with E-state index in [9.17, 15) is 20.1 Å². The highest BCUT2D eigenvalue weighted by atomic mass is 16.7. The average Bonchev–Trinajstić information content (AvgIpc) is 3.05. The van der Waals surface area contributed by atoms with Gasteiger partial charge in [0.15, 0.2) is 6.29 Å². The molecule has 1 heterocycles. The molecule has 5 fully saturated rings. The van der Waals surface area contributed by atoms with Crippen LogP contribution in [0.5, 0.6) is 5.75 Å². The first-order valence-corrected chi connectivity index (χ1v) is 17.5. The molecule has 0 aromatic heterocycles. The van der Waals surface area contributed by atoms with Crippen LogP contribution in [0.1, 0.15) is 86.2 Å². The third kappa shape index (κ3) is 7.26. The minimum absolute atomic E-state index is 0.0178. The van der Waals surface area contributed by atoms with Gasteiger partial charge in [0.2, 0.25) is 0 Å². The maximum atomic E-state index is 13.2. The Hall–Kier alpha value is -3.47. The van der Waals surface area contributed by atoms with Crippen molar-refractivity contribution in [3.8, 4) is 5.75 Å². The van der Waals surface area contributed by atoms with E-state index in [4.69, 9.17) is 9.47 Å². The number of aromatic hydroxyl groups is 1. The van der Waals surface area contributed by atoms with Gasteiger partial charge in [0.05, 0.1) is 24.9 Å². The number of carbonyl (C=O) groups is 1. The lowest BCUT2D eigenvalue weighted by Gasteiger charge is -2.56. The van der Waals surface area contributed by atoms with E-state index in [0.29, 0.717) is 18.7 Å². The Bertz CT molecular complexity index is 1530. The molecule has 0 radical (unpaired) electrons. The summed E-state index contributed by atoms with van der Waals surface area (Å²) in [7, 11) is 1.95. The van der Waals surface area contributed by atoms with Gasteiger partial charge < -0.3 is 40.3 Å². The molecular weight excluding hydrogens is 606 g/mol. The van der Waals surface area contributed by atoms with Crippen LogP contribution in [0.3, 0.4) is 0 Å². The monoisotopic (exact) mass is 655 g/mol. The van der Waals surface area contributed by atoms with Crippen LogP contribution >= 0.6 is 0 Å².